The summed E-state index contributed by atoms with van der Waals surface area (Å²) in [6, 6.07) is 18.9. The second-order valence-corrected chi connectivity index (χ2v) is 9.76. The highest BCUT2D eigenvalue weighted by Gasteiger charge is 2.51. The fourth-order valence-electron chi connectivity index (χ4n) is 4.68. The first-order chi connectivity index (χ1) is 15.4. The average Bonchev–Trinajstić information content (AvgIpc) is 3.45. The van der Waals surface area contributed by atoms with E-state index in [0.717, 1.165) is 15.0 Å². The first-order valence-corrected chi connectivity index (χ1v) is 11.6. The van der Waals surface area contributed by atoms with Gasteiger partial charge < -0.3 is 14.6 Å². The second kappa shape index (κ2) is 8.19. The monoisotopic (exact) mass is 448 g/mol. The van der Waals surface area contributed by atoms with E-state index < -0.39 is 17.7 Å². The number of thiophene rings is 1. The molecule has 1 saturated heterocycles. The van der Waals surface area contributed by atoms with Crippen molar-refractivity contribution in [3.05, 3.63) is 83.3 Å². The van der Waals surface area contributed by atoms with Gasteiger partial charge in [-0.25, -0.2) is 4.79 Å². The Labute approximate surface area is 190 Å². The van der Waals surface area contributed by atoms with Crippen molar-refractivity contribution in [1.82, 2.24) is 0 Å². The van der Waals surface area contributed by atoms with Gasteiger partial charge in [0.15, 0.2) is 0 Å². The molecule has 0 amide bonds. The van der Waals surface area contributed by atoms with Crippen LogP contribution >= 0.6 is 11.3 Å². The number of rotatable bonds is 5. The third kappa shape index (κ3) is 3.96. The summed E-state index contributed by atoms with van der Waals surface area (Å²) in [6.07, 6.45) is 3.75. The molecule has 2 fully saturated rings. The Kier molecular flexibility index (Phi) is 5.35. The van der Waals surface area contributed by atoms with Gasteiger partial charge in [-0.2, -0.15) is 0 Å². The average molecular weight is 449 g/mol. The van der Waals surface area contributed by atoms with Crippen molar-refractivity contribution in [3.63, 3.8) is 0 Å². The molecule has 2 aromatic carbocycles. The summed E-state index contributed by atoms with van der Waals surface area (Å²) in [5.74, 6) is -0.885. The van der Waals surface area contributed by atoms with Gasteiger partial charge in [0.25, 0.3) is 0 Å². The Morgan fingerprint density at radius 3 is 2.72 bits per heavy atom. The van der Waals surface area contributed by atoms with Gasteiger partial charge in [-0.05, 0) is 36.6 Å². The minimum atomic E-state index is -1.18. The van der Waals surface area contributed by atoms with Crippen LogP contribution in [0.25, 0.3) is 10.1 Å². The lowest BCUT2D eigenvalue weighted by atomic mass is 9.89. The van der Waals surface area contributed by atoms with Gasteiger partial charge in [0.2, 0.25) is 0 Å². The molecule has 1 N–H and O–H groups in total. The molecule has 0 bridgehead atoms. The molecule has 5 nitrogen and oxygen atoms in total. The lowest BCUT2D eigenvalue weighted by Gasteiger charge is -2.23. The third-order valence-corrected chi connectivity index (χ3v) is 7.73. The van der Waals surface area contributed by atoms with Gasteiger partial charge in [0, 0.05) is 27.8 Å². The predicted octanol–water partition coefficient (Wildman–Crippen LogP) is 4.84. The molecule has 6 heteroatoms. The Bertz CT molecular complexity index is 1150. The maximum absolute atomic E-state index is 12.7. The van der Waals surface area contributed by atoms with Gasteiger partial charge in [-0.15, -0.1) is 11.3 Å². The maximum Gasteiger partial charge on any atom is 0.338 e. The number of hydrogen-bond donors (Lipinski definition) is 1. The number of esters is 2. The van der Waals surface area contributed by atoms with E-state index in [4.69, 9.17) is 9.47 Å². The molecule has 2 aliphatic rings. The molecule has 2 heterocycles. The molecule has 1 aliphatic heterocycles. The van der Waals surface area contributed by atoms with Gasteiger partial charge in [0.05, 0.1) is 12.0 Å². The molecular formula is C26H24O5S. The topological polar surface area (TPSA) is 72.8 Å². The summed E-state index contributed by atoms with van der Waals surface area (Å²) < 4.78 is 12.4. The van der Waals surface area contributed by atoms with E-state index in [0.29, 0.717) is 18.4 Å². The molecule has 32 heavy (non-hydrogen) atoms. The van der Waals surface area contributed by atoms with Gasteiger partial charge in [0.1, 0.15) is 17.8 Å². The third-order valence-electron chi connectivity index (χ3n) is 6.39. The van der Waals surface area contributed by atoms with E-state index in [1.807, 2.05) is 42.5 Å². The molecule has 5 atom stereocenters. The van der Waals surface area contributed by atoms with Crippen LogP contribution in [0.2, 0.25) is 0 Å². The van der Waals surface area contributed by atoms with E-state index >= 15 is 0 Å². The zero-order valence-electron chi connectivity index (χ0n) is 17.6. The number of ether oxygens (including phenoxy) is 2. The fraction of sp³-hybridized carbons (Fsp3) is 0.308. The van der Waals surface area contributed by atoms with Gasteiger partial charge >= 0.3 is 11.9 Å². The lowest BCUT2D eigenvalue weighted by Crippen LogP contribution is -2.26. The summed E-state index contributed by atoms with van der Waals surface area (Å²) >= 11 is 1.55. The number of carbonyl (C=O) groups is 2. The van der Waals surface area contributed by atoms with Gasteiger partial charge in [-0.1, -0.05) is 48.6 Å². The van der Waals surface area contributed by atoms with Crippen molar-refractivity contribution in [1.29, 1.82) is 0 Å². The molecule has 3 aromatic rings. The van der Waals surface area contributed by atoms with Crippen molar-refractivity contribution in [2.24, 2.45) is 11.8 Å². The minimum Gasteiger partial charge on any atom is -0.462 e. The Hall–Kier alpha value is -2.96. The molecule has 164 valence electrons. The number of aliphatic hydroxyl groups is 1. The molecule has 0 spiro atoms. The summed E-state index contributed by atoms with van der Waals surface area (Å²) in [4.78, 5) is 25.4. The highest BCUT2D eigenvalue weighted by Crippen LogP contribution is 2.44. The van der Waals surface area contributed by atoms with Crippen LogP contribution in [-0.4, -0.2) is 29.3 Å². The summed E-state index contributed by atoms with van der Waals surface area (Å²) in [7, 11) is 0. The van der Waals surface area contributed by atoms with Crippen molar-refractivity contribution in [3.8, 4) is 0 Å². The zero-order chi connectivity index (χ0) is 22.3. The molecular weight excluding hydrogens is 424 g/mol. The number of hydrogen-bond acceptors (Lipinski definition) is 6. The van der Waals surface area contributed by atoms with Crippen LogP contribution in [0.4, 0.5) is 0 Å². The fourth-order valence-corrected chi connectivity index (χ4v) is 5.77. The maximum atomic E-state index is 12.7. The molecule has 5 unspecified atom stereocenters. The Balaban J connectivity index is 1.39. The second-order valence-electron chi connectivity index (χ2n) is 8.67. The van der Waals surface area contributed by atoms with Crippen LogP contribution in [0.3, 0.4) is 0 Å². The molecule has 1 aromatic heterocycles. The van der Waals surface area contributed by atoms with E-state index in [-0.39, 0.29) is 23.9 Å². The van der Waals surface area contributed by atoms with Crippen molar-refractivity contribution >= 4 is 33.4 Å². The largest absolute Gasteiger partial charge is 0.462 e. The predicted molar refractivity (Wildman–Crippen MR) is 122 cm³/mol. The van der Waals surface area contributed by atoms with Crippen LogP contribution in [0.1, 0.15) is 35.0 Å². The molecule has 0 radical (unpaired) electrons. The zero-order valence-corrected chi connectivity index (χ0v) is 18.5. The molecule has 5 rings (SSSR count). The normalized spacial score (nSPS) is 26.8. The first kappa shape index (κ1) is 20.9. The van der Waals surface area contributed by atoms with E-state index in [1.165, 1.54) is 0 Å². The smallest absolute Gasteiger partial charge is 0.338 e. The van der Waals surface area contributed by atoms with Crippen LogP contribution < -0.4 is 0 Å². The SMILES string of the molecule is CC(O)(C=CC1C(OC(=O)c2ccccc2)CC2OC(=O)CC21)c1cc2ccccc2s1. The number of carbonyl (C=O) groups excluding carboxylic acids is 2. The van der Waals surface area contributed by atoms with E-state index in [2.05, 4.69) is 0 Å². The summed E-state index contributed by atoms with van der Waals surface area (Å²) in [5, 5.41) is 12.3. The Morgan fingerprint density at radius 1 is 1.19 bits per heavy atom. The molecule has 1 saturated carbocycles. The minimum absolute atomic E-state index is 0.0643. The highest BCUT2D eigenvalue weighted by atomic mass is 32.1. The number of benzene rings is 2. The van der Waals surface area contributed by atoms with E-state index in [1.54, 1.807) is 48.6 Å². The van der Waals surface area contributed by atoms with Crippen LogP contribution in [0.5, 0.6) is 0 Å². The van der Waals surface area contributed by atoms with Crippen LogP contribution in [-0.2, 0) is 19.9 Å². The summed E-state index contributed by atoms with van der Waals surface area (Å²) in [5.41, 5.74) is -0.694. The van der Waals surface area contributed by atoms with Crippen LogP contribution in [0.15, 0.2) is 72.8 Å². The molecule has 1 aliphatic carbocycles. The van der Waals surface area contributed by atoms with Crippen molar-refractivity contribution in [2.45, 2.75) is 37.6 Å². The first-order valence-electron chi connectivity index (χ1n) is 10.8. The van der Waals surface area contributed by atoms with Crippen LogP contribution in [0, 0.1) is 11.8 Å². The van der Waals surface area contributed by atoms with E-state index in [9.17, 15) is 14.7 Å². The highest BCUT2D eigenvalue weighted by molar-refractivity contribution is 7.19. The van der Waals surface area contributed by atoms with Crippen molar-refractivity contribution in [2.75, 3.05) is 0 Å². The van der Waals surface area contributed by atoms with Crippen molar-refractivity contribution < 1.29 is 24.2 Å². The lowest BCUT2D eigenvalue weighted by molar-refractivity contribution is -0.141. The Morgan fingerprint density at radius 2 is 1.94 bits per heavy atom. The number of fused-ring (bicyclic) bond motifs is 2. The summed E-state index contributed by atoms with van der Waals surface area (Å²) in [6.45, 7) is 1.75. The standard InChI is InChI=1S/C26H24O5S/c1-26(29,23-13-17-9-5-6-10-22(17)32-23)12-11-18-19-14-24(27)30-21(19)15-20(18)31-25(28)16-7-3-2-4-8-16/h2-13,18-21,29H,14-15H2,1H3. The quantitative estimate of drug-likeness (QED) is 0.447. The van der Waals surface area contributed by atoms with Gasteiger partial charge in [-0.3, -0.25) is 4.79 Å².